The molecule has 0 aromatic heterocycles. The van der Waals surface area contributed by atoms with Crippen LogP contribution in [-0.4, -0.2) is 10.9 Å². The van der Waals surface area contributed by atoms with Gasteiger partial charge >= 0.3 is 0 Å². The summed E-state index contributed by atoms with van der Waals surface area (Å²) in [6.07, 6.45) is 3.81. The summed E-state index contributed by atoms with van der Waals surface area (Å²) in [4.78, 5) is 12.3. The lowest BCUT2D eigenvalue weighted by Crippen LogP contribution is -2.15. The van der Waals surface area contributed by atoms with E-state index in [4.69, 9.17) is 0 Å². The van der Waals surface area contributed by atoms with Crippen molar-refractivity contribution in [3.63, 3.8) is 0 Å². The van der Waals surface area contributed by atoms with Crippen LogP contribution in [0, 0.1) is 12.8 Å². The summed E-state index contributed by atoms with van der Waals surface area (Å²) in [5, 5.41) is 9.93. The van der Waals surface area contributed by atoms with E-state index >= 15 is 0 Å². The fourth-order valence-corrected chi connectivity index (χ4v) is 2.18. The van der Waals surface area contributed by atoms with E-state index in [9.17, 15) is 9.90 Å². The lowest BCUT2D eigenvalue weighted by Gasteiger charge is -2.15. The van der Waals surface area contributed by atoms with Crippen molar-refractivity contribution in [2.45, 2.75) is 46.5 Å². The predicted molar refractivity (Wildman–Crippen MR) is 70.5 cm³/mol. The first-order valence-corrected chi connectivity index (χ1v) is 6.44. The quantitative estimate of drug-likeness (QED) is 0.752. The fraction of sp³-hybridized carbons (Fsp3) is 0.533. The Morgan fingerprint density at radius 2 is 1.82 bits per heavy atom. The maximum Gasteiger partial charge on any atom is 0.169 e. The molecular formula is C15H22O2. The number of aromatic hydroxyl groups is 1. The molecule has 1 N–H and O–H groups in total. The minimum atomic E-state index is 0.0534. The standard InChI is InChI=1S/C15H22O2/c1-4-7-12(8-5-2)15(17)13-10-6-9-11(3)14(13)16/h6,9-10,12,16H,4-5,7-8H2,1-3H3. The lowest BCUT2D eigenvalue weighted by molar-refractivity contribution is 0.0902. The van der Waals surface area contributed by atoms with Gasteiger partial charge < -0.3 is 5.11 Å². The third-order valence-corrected chi connectivity index (χ3v) is 3.15. The Balaban J connectivity index is 2.96. The van der Waals surface area contributed by atoms with Crippen molar-refractivity contribution in [2.75, 3.05) is 0 Å². The summed E-state index contributed by atoms with van der Waals surface area (Å²) in [7, 11) is 0. The monoisotopic (exact) mass is 234 g/mol. The zero-order valence-corrected chi connectivity index (χ0v) is 11.0. The Morgan fingerprint density at radius 3 is 2.35 bits per heavy atom. The summed E-state index contributed by atoms with van der Waals surface area (Å²) >= 11 is 0. The number of phenolic OH excluding ortho intramolecular Hbond substituents is 1. The third-order valence-electron chi connectivity index (χ3n) is 3.15. The lowest BCUT2D eigenvalue weighted by atomic mass is 9.89. The van der Waals surface area contributed by atoms with Crippen molar-refractivity contribution < 1.29 is 9.90 Å². The van der Waals surface area contributed by atoms with E-state index in [2.05, 4.69) is 13.8 Å². The van der Waals surface area contributed by atoms with Gasteiger partial charge in [-0.1, -0.05) is 38.8 Å². The van der Waals surface area contributed by atoms with Gasteiger partial charge in [0.1, 0.15) is 5.75 Å². The first-order chi connectivity index (χ1) is 8.11. The van der Waals surface area contributed by atoms with Crippen molar-refractivity contribution >= 4 is 5.78 Å². The van der Waals surface area contributed by atoms with E-state index in [0.717, 1.165) is 31.2 Å². The average molecular weight is 234 g/mol. The molecule has 0 spiro atoms. The Hall–Kier alpha value is -1.31. The molecule has 0 aliphatic rings. The smallest absolute Gasteiger partial charge is 0.169 e. The predicted octanol–water partition coefficient (Wildman–Crippen LogP) is 4.10. The molecule has 0 atom stereocenters. The van der Waals surface area contributed by atoms with Crippen LogP contribution in [0.5, 0.6) is 5.75 Å². The van der Waals surface area contributed by atoms with Gasteiger partial charge in [0.25, 0.3) is 0 Å². The van der Waals surface area contributed by atoms with E-state index in [1.54, 1.807) is 6.07 Å². The van der Waals surface area contributed by atoms with Crippen LogP contribution in [0.25, 0.3) is 0 Å². The number of para-hydroxylation sites is 1. The van der Waals surface area contributed by atoms with Crippen LogP contribution in [0.2, 0.25) is 0 Å². The number of aryl methyl sites for hydroxylation is 1. The second-order valence-electron chi connectivity index (χ2n) is 4.61. The number of carbonyl (C=O) groups is 1. The Kier molecular flexibility index (Phi) is 5.20. The summed E-state index contributed by atoms with van der Waals surface area (Å²) < 4.78 is 0. The number of carbonyl (C=O) groups excluding carboxylic acids is 1. The first-order valence-electron chi connectivity index (χ1n) is 6.44. The fourth-order valence-electron chi connectivity index (χ4n) is 2.18. The minimum absolute atomic E-state index is 0.0534. The molecule has 0 amide bonds. The highest BCUT2D eigenvalue weighted by molar-refractivity contribution is 6.00. The van der Waals surface area contributed by atoms with Gasteiger partial charge in [-0.15, -0.1) is 0 Å². The van der Waals surface area contributed by atoms with Crippen molar-refractivity contribution in [1.82, 2.24) is 0 Å². The number of hydrogen-bond acceptors (Lipinski definition) is 2. The number of benzene rings is 1. The highest BCUT2D eigenvalue weighted by Gasteiger charge is 2.21. The average Bonchev–Trinajstić information content (AvgIpc) is 2.31. The summed E-state index contributed by atoms with van der Waals surface area (Å²) in [6, 6.07) is 5.38. The van der Waals surface area contributed by atoms with Crippen LogP contribution in [0.15, 0.2) is 18.2 Å². The summed E-state index contributed by atoms with van der Waals surface area (Å²) in [5.41, 5.74) is 1.25. The first kappa shape index (κ1) is 13.8. The second-order valence-corrected chi connectivity index (χ2v) is 4.61. The van der Waals surface area contributed by atoms with E-state index in [0.29, 0.717) is 5.56 Å². The summed E-state index contributed by atoms with van der Waals surface area (Å²) in [5.74, 6) is 0.294. The van der Waals surface area contributed by atoms with E-state index in [-0.39, 0.29) is 17.5 Å². The maximum absolute atomic E-state index is 12.3. The number of phenols is 1. The molecule has 0 saturated heterocycles. The molecule has 0 radical (unpaired) electrons. The number of rotatable bonds is 6. The number of Topliss-reactive ketones (excluding diaryl/α,β-unsaturated/α-hetero) is 1. The maximum atomic E-state index is 12.3. The third kappa shape index (κ3) is 3.32. The van der Waals surface area contributed by atoms with Crippen LogP contribution in [0.4, 0.5) is 0 Å². The van der Waals surface area contributed by atoms with Gasteiger partial charge in [0, 0.05) is 5.92 Å². The highest BCUT2D eigenvalue weighted by Crippen LogP contribution is 2.27. The van der Waals surface area contributed by atoms with E-state index in [1.165, 1.54) is 0 Å². The molecular weight excluding hydrogens is 212 g/mol. The van der Waals surface area contributed by atoms with Gasteiger partial charge in [-0.3, -0.25) is 4.79 Å². The molecule has 94 valence electrons. The van der Waals surface area contributed by atoms with Crippen LogP contribution in [0.3, 0.4) is 0 Å². The van der Waals surface area contributed by atoms with Crippen LogP contribution >= 0.6 is 0 Å². The van der Waals surface area contributed by atoms with Gasteiger partial charge in [-0.05, 0) is 31.4 Å². The second kappa shape index (κ2) is 6.43. The highest BCUT2D eigenvalue weighted by atomic mass is 16.3. The molecule has 0 fully saturated rings. The molecule has 1 aromatic rings. The van der Waals surface area contributed by atoms with Gasteiger partial charge in [0.2, 0.25) is 0 Å². The summed E-state index contributed by atoms with van der Waals surface area (Å²) in [6.45, 7) is 6.00. The Labute approximate surface area is 104 Å². The van der Waals surface area contributed by atoms with Crippen LogP contribution < -0.4 is 0 Å². The molecule has 17 heavy (non-hydrogen) atoms. The van der Waals surface area contributed by atoms with Crippen molar-refractivity contribution in [2.24, 2.45) is 5.92 Å². The number of ketones is 1. The molecule has 0 aliphatic carbocycles. The molecule has 1 aromatic carbocycles. The molecule has 0 saturated carbocycles. The molecule has 2 heteroatoms. The minimum Gasteiger partial charge on any atom is -0.507 e. The van der Waals surface area contributed by atoms with Gasteiger partial charge in [-0.25, -0.2) is 0 Å². The van der Waals surface area contributed by atoms with Gasteiger partial charge in [0.15, 0.2) is 5.78 Å². The Morgan fingerprint density at radius 1 is 1.24 bits per heavy atom. The van der Waals surface area contributed by atoms with Crippen LogP contribution in [-0.2, 0) is 0 Å². The molecule has 0 aliphatic heterocycles. The topological polar surface area (TPSA) is 37.3 Å². The molecule has 1 rings (SSSR count). The van der Waals surface area contributed by atoms with Crippen LogP contribution in [0.1, 0.15) is 55.5 Å². The van der Waals surface area contributed by atoms with E-state index < -0.39 is 0 Å². The zero-order valence-electron chi connectivity index (χ0n) is 11.0. The van der Waals surface area contributed by atoms with Gasteiger partial charge in [0.05, 0.1) is 5.56 Å². The molecule has 2 nitrogen and oxygen atoms in total. The van der Waals surface area contributed by atoms with E-state index in [1.807, 2.05) is 19.1 Å². The SMILES string of the molecule is CCCC(CCC)C(=O)c1cccc(C)c1O. The molecule has 0 unspecified atom stereocenters. The Bertz CT molecular complexity index is 377. The van der Waals surface area contributed by atoms with Crippen molar-refractivity contribution in [3.05, 3.63) is 29.3 Å². The molecule has 0 heterocycles. The van der Waals surface area contributed by atoms with Gasteiger partial charge in [-0.2, -0.15) is 0 Å². The normalized spacial score (nSPS) is 10.8. The van der Waals surface area contributed by atoms with Crippen molar-refractivity contribution in [1.29, 1.82) is 0 Å². The molecule has 0 bridgehead atoms. The zero-order chi connectivity index (χ0) is 12.8. The van der Waals surface area contributed by atoms with Crippen molar-refractivity contribution in [3.8, 4) is 5.75 Å². The number of hydrogen-bond donors (Lipinski definition) is 1. The largest absolute Gasteiger partial charge is 0.507 e.